The summed E-state index contributed by atoms with van der Waals surface area (Å²) < 4.78 is 22.2. The lowest BCUT2D eigenvalue weighted by molar-refractivity contribution is -0.136. The maximum absolute atomic E-state index is 13.7. The van der Waals surface area contributed by atoms with Crippen LogP contribution in [0.4, 0.5) is 34.5 Å². The first kappa shape index (κ1) is 47.1. The third-order valence-corrected chi connectivity index (χ3v) is 16.1. The molecule has 70 heavy (non-hydrogen) atoms. The van der Waals surface area contributed by atoms with Gasteiger partial charge < -0.3 is 34.6 Å². The highest BCUT2D eigenvalue weighted by Crippen LogP contribution is 2.43. The van der Waals surface area contributed by atoms with Crippen molar-refractivity contribution in [3.8, 4) is 28.0 Å². The lowest BCUT2D eigenvalue weighted by Crippen LogP contribution is -2.52. The lowest BCUT2D eigenvalue weighted by atomic mass is 9.94. The van der Waals surface area contributed by atoms with E-state index < -0.39 is 13.2 Å². The van der Waals surface area contributed by atoms with Crippen LogP contribution in [0.25, 0.3) is 22.3 Å². The average molecular weight is 1030 g/mol. The number of rotatable bonds is 13. The van der Waals surface area contributed by atoms with Crippen LogP contribution in [0, 0.1) is 5.92 Å². The number of imide groups is 1. The van der Waals surface area contributed by atoms with E-state index in [-0.39, 0.29) is 24.1 Å². The van der Waals surface area contributed by atoms with E-state index in [9.17, 15) is 18.9 Å². The number of carbonyl (C=O) groups excluding carboxylic acids is 3. The lowest BCUT2D eigenvalue weighted by Gasteiger charge is -2.40. The minimum Gasteiger partial charge on any atom is -0.494 e. The molecule has 3 amide bonds. The second-order valence-electron chi connectivity index (χ2n) is 19.0. The summed E-state index contributed by atoms with van der Waals surface area (Å²) in [7, 11) is 0.889. The number of carbonyl (C=O) groups is 3. The van der Waals surface area contributed by atoms with Crippen molar-refractivity contribution < 1.29 is 23.7 Å². The smallest absolute Gasteiger partial charge is 0.255 e. The Labute approximate surface area is 416 Å². The number of methoxy groups -OCH3 is 1. The van der Waals surface area contributed by atoms with E-state index in [0.717, 1.165) is 103 Å². The summed E-state index contributed by atoms with van der Waals surface area (Å²) in [5.41, 5.74) is 9.20. The maximum atomic E-state index is 13.7. The van der Waals surface area contributed by atoms with Crippen LogP contribution in [0.3, 0.4) is 0 Å². The fourth-order valence-electron chi connectivity index (χ4n) is 10.2. The number of halogens is 1. The van der Waals surface area contributed by atoms with Gasteiger partial charge >= 0.3 is 0 Å². The second kappa shape index (κ2) is 19.7. The summed E-state index contributed by atoms with van der Waals surface area (Å²) in [6, 6.07) is 25.6. The summed E-state index contributed by atoms with van der Waals surface area (Å²) >= 11 is 3.64. The Hall–Kier alpha value is -6.55. The highest BCUT2D eigenvalue weighted by atomic mass is 79.9. The molecule has 6 aromatic rings. The van der Waals surface area contributed by atoms with Gasteiger partial charge in [0.05, 0.1) is 29.2 Å². The monoisotopic (exact) mass is 1030 g/mol. The first-order chi connectivity index (χ1) is 33.8. The number of nitrogens with one attached hydrogen (secondary N) is 3. The fourth-order valence-corrected chi connectivity index (χ4v) is 11.7. The topological polar surface area (TPSA) is 170 Å². The average Bonchev–Trinajstić information content (AvgIpc) is 3.94. The molecular formula is C52H57BrN11O5P. The molecule has 0 bridgehead atoms. The van der Waals surface area contributed by atoms with Crippen LogP contribution in [0.2, 0.25) is 0 Å². The maximum Gasteiger partial charge on any atom is 0.255 e. The van der Waals surface area contributed by atoms with Gasteiger partial charge in [0.2, 0.25) is 17.8 Å². The van der Waals surface area contributed by atoms with Crippen LogP contribution in [-0.2, 0) is 27.7 Å². The van der Waals surface area contributed by atoms with E-state index in [1.54, 1.807) is 31.5 Å². The molecule has 0 radical (unpaired) electrons. The zero-order valence-corrected chi connectivity index (χ0v) is 42.3. The van der Waals surface area contributed by atoms with E-state index >= 15 is 0 Å². The molecule has 3 fully saturated rings. The van der Waals surface area contributed by atoms with Crippen LogP contribution in [0.15, 0.2) is 102 Å². The van der Waals surface area contributed by atoms with Crippen LogP contribution in [-0.4, -0.2) is 120 Å². The number of aryl methyl sites for hydroxylation is 1. The number of fused-ring (bicyclic) bond motifs is 1. The van der Waals surface area contributed by atoms with E-state index in [2.05, 4.69) is 74.9 Å². The first-order valence-corrected chi connectivity index (χ1v) is 27.2. The van der Waals surface area contributed by atoms with E-state index in [4.69, 9.17) is 9.72 Å². The van der Waals surface area contributed by atoms with Crippen molar-refractivity contribution in [3.63, 3.8) is 0 Å². The summed E-state index contributed by atoms with van der Waals surface area (Å²) in [5.74, 6) is 1.28. The van der Waals surface area contributed by atoms with Gasteiger partial charge in [-0.1, -0.05) is 36.4 Å². The Morgan fingerprint density at radius 1 is 0.814 bits per heavy atom. The van der Waals surface area contributed by atoms with E-state index in [1.807, 2.05) is 84.8 Å². The molecule has 1 atom stereocenters. The fraction of sp³-hybridized carbons (Fsp3) is 0.346. The number of amides is 3. The van der Waals surface area contributed by atoms with Crippen molar-refractivity contribution in [2.45, 2.75) is 38.3 Å². The predicted octanol–water partition coefficient (Wildman–Crippen LogP) is 7.85. The van der Waals surface area contributed by atoms with Gasteiger partial charge in [0.25, 0.3) is 5.91 Å². The number of nitrogens with zero attached hydrogens (tertiary/aromatic N) is 8. The number of piperazine rings is 1. The van der Waals surface area contributed by atoms with Gasteiger partial charge in [-0.15, -0.1) is 0 Å². The number of aromatic nitrogens is 4. The molecule has 4 aromatic carbocycles. The van der Waals surface area contributed by atoms with Crippen LogP contribution in [0.1, 0.15) is 41.6 Å². The van der Waals surface area contributed by atoms with Gasteiger partial charge in [0.15, 0.2) is 0 Å². The minimum absolute atomic E-state index is 0.145. The normalized spacial score (nSPS) is 18.0. The van der Waals surface area contributed by atoms with Crippen LogP contribution in [0.5, 0.6) is 5.75 Å². The van der Waals surface area contributed by atoms with Crippen molar-refractivity contribution in [2.24, 2.45) is 13.0 Å². The molecule has 18 heteroatoms. The molecule has 362 valence electrons. The Kier molecular flexibility index (Phi) is 13.3. The van der Waals surface area contributed by atoms with Gasteiger partial charge in [-0.05, 0) is 108 Å². The van der Waals surface area contributed by atoms with Crippen molar-refractivity contribution in [3.05, 3.63) is 113 Å². The predicted molar refractivity (Wildman–Crippen MR) is 279 cm³/mol. The Morgan fingerprint density at radius 3 is 2.31 bits per heavy atom. The second-order valence-corrected chi connectivity index (χ2v) is 23.1. The number of hydrogen-bond donors (Lipinski definition) is 3. The molecule has 4 aliphatic heterocycles. The van der Waals surface area contributed by atoms with Gasteiger partial charge in [-0.2, -0.15) is 10.1 Å². The SMILES string of the molecule is COc1cc(N2CCC(CN3CCN(c4ccc5c(c4)CN([C@@H]4CCC(=O)NC4=O)C5=O)CC3)CC2)c(-c2cnn(C)c2)cc1Nc1ncc(Br)c(Nc2ccc(-c3ccccc3)cc2P(C)(C)=O)n1. The molecule has 4 aliphatic rings. The molecule has 0 spiro atoms. The molecule has 0 unspecified atom stereocenters. The molecule has 3 saturated heterocycles. The molecule has 0 saturated carbocycles. The van der Waals surface area contributed by atoms with Gasteiger partial charge in [-0.25, -0.2) is 4.98 Å². The van der Waals surface area contributed by atoms with Crippen molar-refractivity contribution in [1.29, 1.82) is 0 Å². The zero-order chi connectivity index (χ0) is 48.7. The minimum atomic E-state index is -2.71. The molecule has 6 heterocycles. The highest BCUT2D eigenvalue weighted by molar-refractivity contribution is 9.10. The summed E-state index contributed by atoms with van der Waals surface area (Å²) in [4.78, 5) is 56.1. The standard InChI is InChI=1S/C52H57BrN11O5P/c1-60-31-37(28-55-60)40-26-43(57-52-54-29-41(53)49(59-52)56-42-13-10-35(25-47(42)70(3,4)68)34-8-6-5-7-9-34)46(69-2)27-45(40)63-18-16-33(17-19-63)30-61-20-22-62(23-21-61)38-11-12-39-36(24-38)32-64(51(39)67)44-14-15-48(65)58-50(44)66/h5-13,24-29,31,33,44H,14-23,30,32H2,1-4H3,(H,58,65,66)(H2,54,56,57,59)/t44-/m1/s1. The van der Waals surface area contributed by atoms with Crippen LogP contribution >= 0.6 is 23.1 Å². The number of ether oxygens (including phenoxy) is 1. The third kappa shape index (κ3) is 9.92. The molecule has 0 aliphatic carbocycles. The summed E-state index contributed by atoms with van der Waals surface area (Å²) in [6.07, 6.45) is 8.32. The quantitative estimate of drug-likeness (QED) is 0.0756. The van der Waals surface area contributed by atoms with Gasteiger partial charge in [0, 0.05) is 118 Å². The molecule has 16 nitrogen and oxygen atoms in total. The number of benzene rings is 4. The Morgan fingerprint density at radius 2 is 1.60 bits per heavy atom. The first-order valence-electron chi connectivity index (χ1n) is 23.8. The van der Waals surface area contributed by atoms with Crippen molar-refractivity contribution >= 4 is 80.6 Å². The largest absolute Gasteiger partial charge is 0.494 e. The number of hydrogen-bond acceptors (Lipinski definition) is 13. The summed E-state index contributed by atoms with van der Waals surface area (Å²) in [5, 5.41) is 14.5. The summed E-state index contributed by atoms with van der Waals surface area (Å²) in [6.45, 7) is 10.5. The Bertz CT molecular complexity index is 3020. The van der Waals surface area contributed by atoms with Crippen LogP contribution < -0.4 is 35.8 Å². The number of anilines is 6. The van der Waals surface area contributed by atoms with Gasteiger partial charge in [0.1, 0.15) is 24.8 Å². The van der Waals surface area contributed by atoms with Gasteiger partial charge in [-0.3, -0.25) is 29.3 Å². The van der Waals surface area contributed by atoms with E-state index in [1.165, 1.54) is 0 Å². The zero-order valence-electron chi connectivity index (χ0n) is 39.8. The van der Waals surface area contributed by atoms with Crippen molar-refractivity contribution in [1.82, 2.24) is 34.9 Å². The molecule has 10 rings (SSSR count). The van der Waals surface area contributed by atoms with Crippen molar-refractivity contribution in [2.75, 3.05) is 86.7 Å². The number of piperidine rings is 2. The molecule has 2 aromatic heterocycles. The molecular weight excluding hydrogens is 970 g/mol. The highest BCUT2D eigenvalue weighted by Gasteiger charge is 2.39. The van der Waals surface area contributed by atoms with E-state index in [0.29, 0.717) is 57.8 Å². The third-order valence-electron chi connectivity index (χ3n) is 14.0. The Balaban J connectivity index is 0.793. The molecule has 3 N–H and O–H groups in total.